The number of rotatable bonds is 8. The van der Waals surface area contributed by atoms with Crippen molar-refractivity contribution >= 4 is 5.91 Å². The maximum atomic E-state index is 12.4. The van der Waals surface area contributed by atoms with Crippen LogP contribution in [0.15, 0.2) is 40.9 Å². The number of nitrogens with zero attached hydrogens (tertiary/aromatic N) is 3. The second-order valence-corrected chi connectivity index (χ2v) is 6.11. The molecule has 0 aliphatic carbocycles. The highest BCUT2D eigenvalue weighted by Crippen LogP contribution is 2.12. The van der Waals surface area contributed by atoms with E-state index in [1.54, 1.807) is 18.0 Å². The Balaban J connectivity index is 1.93. The molecule has 1 heterocycles. The van der Waals surface area contributed by atoms with Crippen LogP contribution in [-0.4, -0.2) is 52.7 Å². The van der Waals surface area contributed by atoms with E-state index in [0.29, 0.717) is 24.4 Å². The van der Waals surface area contributed by atoms with Crippen LogP contribution in [0.1, 0.15) is 35.2 Å². The van der Waals surface area contributed by atoms with Crippen molar-refractivity contribution < 1.29 is 14.4 Å². The molecule has 0 saturated heterocycles. The van der Waals surface area contributed by atoms with Gasteiger partial charge in [0.05, 0.1) is 6.54 Å². The second kappa shape index (κ2) is 8.61. The van der Waals surface area contributed by atoms with Crippen LogP contribution in [0.5, 0.6) is 0 Å². The van der Waals surface area contributed by atoms with Gasteiger partial charge in [0.25, 0.3) is 5.91 Å². The lowest BCUT2D eigenvalue weighted by molar-refractivity contribution is 0.0712. The molecule has 1 unspecified atom stereocenters. The molecule has 0 fully saturated rings. The van der Waals surface area contributed by atoms with E-state index in [9.17, 15) is 4.79 Å². The minimum Gasteiger partial charge on any atom is -0.396 e. The predicted octanol–water partition coefficient (Wildman–Crippen LogP) is 2.15. The largest absolute Gasteiger partial charge is 0.396 e. The monoisotopic (exact) mass is 331 g/mol. The van der Waals surface area contributed by atoms with Crippen LogP contribution in [0.4, 0.5) is 0 Å². The van der Waals surface area contributed by atoms with Gasteiger partial charge in [-0.2, -0.15) is 0 Å². The van der Waals surface area contributed by atoms with Crippen LogP contribution in [0.2, 0.25) is 0 Å². The van der Waals surface area contributed by atoms with Gasteiger partial charge >= 0.3 is 0 Å². The van der Waals surface area contributed by atoms with Gasteiger partial charge in [0.2, 0.25) is 0 Å². The van der Waals surface area contributed by atoms with Crippen LogP contribution >= 0.6 is 0 Å². The highest BCUT2D eigenvalue weighted by atomic mass is 16.5. The third-order valence-electron chi connectivity index (χ3n) is 4.03. The molecule has 0 bridgehead atoms. The molecule has 24 heavy (non-hydrogen) atoms. The molecule has 0 radical (unpaired) electrons. The van der Waals surface area contributed by atoms with Gasteiger partial charge in [-0.05, 0) is 26.0 Å². The molecule has 1 amide bonds. The molecular weight excluding hydrogens is 306 g/mol. The summed E-state index contributed by atoms with van der Waals surface area (Å²) in [4.78, 5) is 16.0. The second-order valence-electron chi connectivity index (χ2n) is 6.11. The quantitative estimate of drug-likeness (QED) is 0.802. The van der Waals surface area contributed by atoms with E-state index in [4.69, 9.17) is 9.63 Å². The van der Waals surface area contributed by atoms with Gasteiger partial charge in [-0.15, -0.1) is 0 Å². The van der Waals surface area contributed by atoms with E-state index < -0.39 is 0 Å². The lowest BCUT2D eigenvalue weighted by Gasteiger charge is -2.23. The number of aromatic nitrogens is 1. The van der Waals surface area contributed by atoms with E-state index in [0.717, 1.165) is 6.54 Å². The number of hydrogen-bond acceptors (Lipinski definition) is 5. The molecule has 2 aromatic rings. The summed E-state index contributed by atoms with van der Waals surface area (Å²) in [6, 6.07) is 11.8. The van der Waals surface area contributed by atoms with Crippen molar-refractivity contribution in [2.75, 3.05) is 20.7 Å². The highest BCUT2D eigenvalue weighted by Gasteiger charge is 2.21. The molecular formula is C18H25N3O3. The summed E-state index contributed by atoms with van der Waals surface area (Å²) < 4.78 is 5.30. The van der Waals surface area contributed by atoms with Crippen molar-refractivity contribution in [2.24, 2.45) is 0 Å². The first-order chi connectivity index (χ1) is 11.5. The molecule has 0 spiro atoms. The summed E-state index contributed by atoms with van der Waals surface area (Å²) in [5, 5.41) is 12.9. The molecule has 130 valence electrons. The molecule has 6 heteroatoms. The normalized spacial score (nSPS) is 12.4. The summed E-state index contributed by atoms with van der Waals surface area (Å²) in [5.41, 5.74) is 1.51. The fourth-order valence-corrected chi connectivity index (χ4v) is 2.47. The van der Waals surface area contributed by atoms with Crippen molar-refractivity contribution in [2.45, 2.75) is 32.5 Å². The number of benzene rings is 1. The van der Waals surface area contributed by atoms with E-state index in [-0.39, 0.29) is 18.6 Å². The van der Waals surface area contributed by atoms with E-state index in [2.05, 4.69) is 22.2 Å². The Hall–Kier alpha value is -2.18. The predicted molar refractivity (Wildman–Crippen MR) is 91.4 cm³/mol. The average molecular weight is 331 g/mol. The van der Waals surface area contributed by atoms with E-state index in [1.165, 1.54) is 5.56 Å². The number of amides is 1. The minimum atomic E-state index is -0.198. The maximum Gasteiger partial charge on any atom is 0.276 e. The van der Waals surface area contributed by atoms with E-state index in [1.807, 2.05) is 32.2 Å². The van der Waals surface area contributed by atoms with E-state index >= 15 is 0 Å². The first kappa shape index (κ1) is 18.2. The number of carbonyl (C=O) groups excluding carboxylic acids is 1. The molecule has 0 aliphatic rings. The van der Waals surface area contributed by atoms with Gasteiger partial charge in [-0.25, -0.2) is 0 Å². The molecule has 0 aliphatic heterocycles. The number of hydrogen-bond donors (Lipinski definition) is 1. The molecule has 1 aromatic carbocycles. The Morgan fingerprint density at radius 1 is 1.25 bits per heavy atom. The summed E-state index contributed by atoms with van der Waals surface area (Å²) in [7, 11) is 3.70. The lowest BCUT2D eigenvalue weighted by atomic mass is 10.2. The van der Waals surface area contributed by atoms with Crippen LogP contribution < -0.4 is 0 Å². The number of aliphatic hydroxyl groups is 1. The van der Waals surface area contributed by atoms with Crippen LogP contribution in [0.3, 0.4) is 0 Å². The Morgan fingerprint density at radius 2 is 1.96 bits per heavy atom. The van der Waals surface area contributed by atoms with Crippen molar-refractivity contribution in [3.8, 4) is 0 Å². The molecule has 2 rings (SSSR count). The molecule has 1 atom stereocenters. The van der Waals surface area contributed by atoms with Crippen LogP contribution in [0.25, 0.3) is 0 Å². The summed E-state index contributed by atoms with van der Waals surface area (Å²) in [6.07, 6.45) is 0.534. The summed E-state index contributed by atoms with van der Waals surface area (Å²) >= 11 is 0. The lowest BCUT2D eigenvalue weighted by Crippen LogP contribution is -2.35. The van der Waals surface area contributed by atoms with Crippen molar-refractivity contribution in [1.29, 1.82) is 0 Å². The average Bonchev–Trinajstić information content (AvgIpc) is 3.02. The standard InChI is InChI=1S/C18H25N3O3/c1-14(9-10-22)21(3)18(23)17-11-16(24-19-17)13-20(2)12-15-7-5-4-6-8-15/h4-8,11,14,22H,9-10,12-13H2,1-3H3. The highest BCUT2D eigenvalue weighted by molar-refractivity contribution is 5.92. The van der Waals surface area contributed by atoms with Crippen molar-refractivity contribution in [3.63, 3.8) is 0 Å². The van der Waals surface area contributed by atoms with Gasteiger partial charge in [-0.3, -0.25) is 9.69 Å². The zero-order valence-electron chi connectivity index (χ0n) is 14.5. The zero-order valence-corrected chi connectivity index (χ0v) is 14.5. The maximum absolute atomic E-state index is 12.4. The topological polar surface area (TPSA) is 69.8 Å². The molecule has 0 saturated carbocycles. The zero-order chi connectivity index (χ0) is 17.5. The van der Waals surface area contributed by atoms with Crippen molar-refractivity contribution in [3.05, 3.63) is 53.4 Å². The molecule has 6 nitrogen and oxygen atoms in total. The Morgan fingerprint density at radius 3 is 2.62 bits per heavy atom. The van der Waals surface area contributed by atoms with Gasteiger partial charge < -0.3 is 14.5 Å². The van der Waals surface area contributed by atoms with Crippen LogP contribution in [-0.2, 0) is 13.1 Å². The number of carbonyl (C=O) groups is 1. The van der Waals surface area contributed by atoms with Gasteiger partial charge in [-0.1, -0.05) is 35.5 Å². The third-order valence-corrected chi connectivity index (χ3v) is 4.03. The Kier molecular flexibility index (Phi) is 6.52. The minimum absolute atomic E-state index is 0.0487. The fourth-order valence-electron chi connectivity index (χ4n) is 2.47. The smallest absolute Gasteiger partial charge is 0.276 e. The molecule has 1 aromatic heterocycles. The fraction of sp³-hybridized carbons (Fsp3) is 0.444. The van der Waals surface area contributed by atoms with Crippen molar-refractivity contribution in [1.82, 2.24) is 15.0 Å². The first-order valence-corrected chi connectivity index (χ1v) is 8.07. The SMILES string of the molecule is CC(CCO)N(C)C(=O)c1cc(CN(C)Cc2ccccc2)on1. The third kappa shape index (κ3) is 4.91. The first-order valence-electron chi connectivity index (χ1n) is 8.07. The van der Waals surface area contributed by atoms with Gasteiger partial charge in [0, 0.05) is 32.3 Å². The van der Waals surface area contributed by atoms with Crippen LogP contribution in [0, 0.1) is 0 Å². The number of aliphatic hydroxyl groups excluding tert-OH is 1. The Bertz CT molecular complexity index is 642. The summed E-state index contributed by atoms with van der Waals surface area (Å²) in [6.45, 7) is 3.30. The molecule has 1 N–H and O–H groups in total. The summed E-state index contributed by atoms with van der Waals surface area (Å²) in [5.74, 6) is 0.455. The Labute approximate surface area is 142 Å². The van der Waals surface area contributed by atoms with Gasteiger partial charge in [0.1, 0.15) is 0 Å². The van der Waals surface area contributed by atoms with Gasteiger partial charge in [0.15, 0.2) is 11.5 Å².